The van der Waals surface area contributed by atoms with Crippen molar-refractivity contribution in [3.05, 3.63) is 66.1 Å². The largest absolute Gasteiger partial charge is 0.497 e. The molecule has 3 aromatic rings. The Kier molecular flexibility index (Phi) is 4.32. The van der Waals surface area contributed by atoms with Crippen LogP contribution in [0.1, 0.15) is 11.1 Å². The summed E-state index contributed by atoms with van der Waals surface area (Å²) >= 11 is 0. The van der Waals surface area contributed by atoms with Crippen LogP contribution in [0.4, 0.5) is 0 Å². The SMILES string of the molecule is COc1ccc(Cc2cn(-c3cccnc3)nc2S(N)(=O)=O)cc1. The van der Waals surface area contributed by atoms with Gasteiger partial charge in [0, 0.05) is 24.4 Å². The fraction of sp³-hybridized carbons (Fsp3) is 0.125. The lowest BCUT2D eigenvalue weighted by Crippen LogP contribution is -2.15. The molecule has 0 atom stereocenters. The molecule has 0 fully saturated rings. The number of nitrogens with zero attached hydrogens (tertiary/aromatic N) is 3. The van der Waals surface area contributed by atoms with Gasteiger partial charge < -0.3 is 4.74 Å². The van der Waals surface area contributed by atoms with Crippen LogP contribution in [0, 0.1) is 0 Å². The summed E-state index contributed by atoms with van der Waals surface area (Å²) in [6, 6.07) is 10.9. The number of methoxy groups -OCH3 is 1. The van der Waals surface area contributed by atoms with Crippen molar-refractivity contribution in [3.8, 4) is 11.4 Å². The van der Waals surface area contributed by atoms with Crippen molar-refractivity contribution < 1.29 is 13.2 Å². The molecule has 1 aromatic carbocycles. The topological polar surface area (TPSA) is 100 Å². The minimum Gasteiger partial charge on any atom is -0.497 e. The van der Waals surface area contributed by atoms with Crippen molar-refractivity contribution in [1.82, 2.24) is 14.8 Å². The fourth-order valence-electron chi connectivity index (χ4n) is 2.34. The van der Waals surface area contributed by atoms with Gasteiger partial charge in [-0.1, -0.05) is 12.1 Å². The first-order valence-electron chi connectivity index (χ1n) is 7.12. The minimum atomic E-state index is -3.93. The van der Waals surface area contributed by atoms with E-state index >= 15 is 0 Å². The third-order valence-electron chi connectivity index (χ3n) is 3.48. The molecular weight excluding hydrogens is 328 g/mol. The van der Waals surface area contributed by atoms with E-state index in [1.165, 1.54) is 4.68 Å². The molecule has 0 bridgehead atoms. The zero-order chi connectivity index (χ0) is 17.2. The molecule has 0 radical (unpaired) electrons. The molecule has 0 unspecified atom stereocenters. The first-order chi connectivity index (χ1) is 11.5. The van der Waals surface area contributed by atoms with Gasteiger partial charge in [0.1, 0.15) is 5.75 Å². The number of primary sulfonamides is 1. The molecule has 0 aliphatic carbocycles. The van der Waals surface area contributed by atoms with Crippen molar-refractivity contribution in [1.29, 1.82) is 0 Å². The maximum atomic E-state index is 11.9. The third-order valence-corrected chi connectivity index (χ3v) is 4.37. The lowest BCUT2D eigenvalue weighted by atomic mass is 10.1. The van der Waals surface area contributed by atoms with Crippen LogP contribution in [0.2, 0.25) is 0 Å². The highest BCUT2D eigenvalue weighted by molar-refractivity contribution is 7.89. The Morgan fingerprint density at radius 1 is 1.21 bits per heavy atom. The molecule has 0 saturated heterocycles. The molecule has 0 aliphatic heterocycles. The molecular formula is C16H16N4O3S. The van der Waals surface area contributed by atoms with Crippen LogP contribution in [0.3, 0.4) is 0 Å². The Bertz CT molecular complexity index is 935. The van der Waals surface area contributed by atoms with Crippen LogP contribution in [-0.4, -0.2) is 30.3 Å². The molecule has 24 heavy (non-hydrogen) atoms. The van der Waals surface area contributed by atoms with E-state index in [9.17, 15) is 8.42 Å². The van der Waals surface area contributed by atoms with E-state index in [0.29, 0.717) is 17.7 Å². The van der Waals surface area contributed by atoms with Crippen LogP contribution in [0.15, 0.2) is 60.0 Å². The smallest absolute Gasteiger partial charge is 0.257 e. The second-order valence-corrected chi connectivity index (χ2v) is 6.66. The zero-order valence-electron chi connectivity index (χ0n) is 13.0. The quantitative estimate of drug-likeness (QED) is 0.756. The molecule has 0 saturated carbocycles. The number of hydrogen-bond donors (Lipinski definition) is 1. The number of ether oxygens (including phenoxy) is 1. The third kappa shape index (κ3) is 3.44. The molecule has 7 nitrogen and oxygen atoms in total. The van der Waals surface area contributed by atoms with E-state index in [1.807, 2.05) is 24.3 Å². The summed E-state index contributed by atoms with van der Waals surface area (Å²) in [5.74, 6) is 0.733. The standard InChI is InChI=1S/C16H16N4O3S/c1-23-15-6-4-12(5-7-15)9-13-11-20(14-3-2-8-18-10-14)19-16(13)24(17,21)22/h2-8,10-11H,9H2,1H3,(H2,17,21,22). The molecule has 3 rings (SSSR count). The van der Waals surface area contributed by atoms with Gasteiger partial charge in [-0.3, -0.25) is 4.98 Å². The normalized spacial score (nSPS) is 11.4. The maximum Gasteiger partial charge on any atom is 0.257 e. The Balaban J connectivity index is 2.00. The second kappa shape index (κ2) is 6.42. The van der Waals surface area contributed by atoms with Crippen LogP contribution < -0.4 is 9.88 Å². The van der Waals surface area contributed by atoms with Gasteiger partial charge in [0.2, 0.25) is 0 Å². The monoisotopic (exact) mass is 344 g/mol. The van der Waals surface area contributed by atoms with E-state index in [0.717, 1.165) is 11.3 Å². The van der Waals surface area contributed by atoms with E-state index in [-0.39, 0.29) is 5.03 Å². The molecule has 0 aliphatic rings. The summed E-state index contributed by atoms with van der Waals surface area (Å²) in [7, 11) is -2.34. The minimum absolute atomic E-state index is 0.137. The van der Waals surface area contributed by atoms with Gasteiger partial charge in [0.15, 0.2) is 5.03 Å². The second-order valence-electron chi connectivity index (χ2n) is 5.19. The first kappa shape index (κ1) is 16.2. The van der Waals surface area contributed by atoms with Crippen molar-refractivity contribution in [2.24, 2.45) is 5.14 Å². The molecule has 2 aromatic heterocycles. The van der Waals surface area contributed by atoms with Crippen molar-refractivity contribution in [2.75, 3.05) is 7.11 Å². The van der Waals surface area contributed by atoms with Gasteiger partial charge >= 0.3 is 0 Å². The van der Waals surface area contributed by atoms with Gasteiger partial charge in [0.25, 0.3) is 10.0 Å². The molecule has 8 heteroatoms. The number of aromatic nitrogens is 3. The Morgan fingerprint density at radius 2 is 1.96 bits per heavy atom. The van der Waals surface area contributed by atoms with Crippen LogP contribution >= 0.6 is 0 Å². The summed E-state index contributed by atoms with van der Waals surface area (Å²) < 4.78 is 30.3. The van der Waals surface area contributed by atoms with Crippen molar-refractivity contribution in [3.63, 3.8) is 0 Å². The average molecular weight is 344 g/mol. The zero-order valence-corrected chi connectivity index (χ0v) is 13.8. The number of rotatable bonds is 5. The molecule has 124 valence electrons. The molecule has 0 amide bonds. The van der Waals surface area contributed by atoms with Gasteiger partial charge in [-0.2, -0.15) is 5.10 Å². The van der Waals surface area contributed by atoms with Crippen molar-refractivity contribution >= 4 is 10.0 Å². The van der Waals surface area contributed by atoms with Gasteiger partial charge in [0.05, 0.1) is 19.0 Å². The molecule has 2 N–H and O–H groups in total. The summed E-state index contributed by atoms with van der Waals surface area (Å²) in [6.07, 6.45) is 5.26. The fourth-order valence-corrected chi connectivity index (χ4v) is 3.03. The summed E-state index contributed by atoms with van der Waals surface area (Å²) in [5.41, 5.74) is 2.10. The Labute approximate surface area is 139 Å². The molecule has 0 spiro atoms. The highest BCUT2D eigenvalue weighted by Crippen LogP contribution is 2.20. The average Bonchev–Trinajstić information content (AvgIpc) is 3.00. The number of benzene rings is 1. The van der Waals surface area contributed by atoms with Crippen molar-refractivity contribution in [2.45, 2.75) is 11.4 Å². The summed E-state index contributed by atoms with van der Waals surface area (Å²) in [5, 5.41) is 9.29. The lowest BCUT2D eigenvalue weighted by molar-refractivity contribution is 0.414. The van der Waals surface area contributed by atoms with E-state index in [1.54, 1.807) is 37.8 Å². The highest BCUT2D eigenvalue weighted by Gasteiger charge is 2.20. The van der Waals surface area contributed by atoms with Crippen LogP contribution in [-0.2, 0) is 16.4 Å². The summed E-state index contributed by atoms with van der Waals surface area (Å²) in [4.78, 5) is 4.01. The van der Waals surface area contributed by atoms with E-state index < -0.39 is 10.0 Å². The van der Waals surface area contributed by atoms with E-state index in [4.69, 9.17) is 9.88 Å². The lowest BCUT2D eigenvalue weighted by Gasteiger charge is -2.03. The number of hydrogen-bond acceptors (Lipinski definition) is 5. The van der Waals surface area contributed by atoms with Gasteiger partial charge in [-0.05, 0) is 29.8 Å². The van der Waals surface area contributed by atoms with Crippen LogP contribution in [0.5, 0.6) is 5.75 Å². The number of pyridine rings is 1. The van der Waals surface area contributed by atoms with E-state index in [2.05, 4.69) is 10.1 Å². The Hall–Kier alpha value is -2.71. The number of nitrogens with two attached hydrogens (primary N) is 1. The van der Waals surface area contributed by atoms with Gasteiger partial charge in [-0.15, -0.1) is 0 Å². The van der Waals surface area contributed by atoms with Gasteiger partial charge in [-0.25, -0.2) is 18.2 Å². The molecule has 2 heterocycles. The maximum absolute atomic E-state index is 11.9. The first-order valence-corrected chi connectivity index (χ1v) is 8.66. The Morgan fingerprint density at radius 3 is 2.54 bits per heavy atom. The summed E-state index contributed by atoms with van der Waals surface area (Å²) in [6.45, 7) is 0. The number of sulfonamides is 1. The highest BCUT2D eigenvalue weighted by atomic mass is 32.2. The predicted molar refractivity (Wildman–Crippen MR) is 88.5 cm³/mol. The van der Waals surface area contributed by atoms with Crippen LogP contribution in [0.25, 0.3) is 5.69 Å². The predicted octanol–water partition coefficient (Wildman–Crippen LogP) is 1.51.